The molecule has 2 heterocycles. The van der Waals surface area contributed by atoms with Crippen LogP contribution in [-0.2, 0) is 9.53 Å². The zero-order valence-corrected chi connectivity index (χ0v) is 22.7. The molecular weight excluding hydrogens is 552 g/mol. The Morgan fingerprint density at radius 2 is 1.64 bits per heavy atom. The van der Waals surface area contributed by atoms with E-state index < -0.39 is 40.7 Å². The zero-order chi connectivity index (χ0) is 29.7. The monoisotopic (exact) mass is 578 g/mol. The first kappa shape index (κ1) is 27.0. The highest BCUT2D eigenvalue weighted by molar-refractivity contribution is 5.95. The van der Waals surface area contributed by atoms with E-state index in [0.29, 0.717) is 34.3 Å². The number of anilines is 1. The molecule has 218 valence electrons. The Bertz CT molecular complexity index is 1600. The van der Waals surface area contributed by atoms with Gasteiger partial charge in [0.25, 0.3) is 5.69 Å². The van der Waals surface area contributed by atoms with Crippen molar-refractivity contribution >= 4 is 23.3 Å². The Hall–Kier alpha value is -5.20. The molecule has 1 aliphatic carbocycles. The van der Waals surface area contributed by atoms with Gasteiger partial charge in [0.05, 0.1) is 50.4 Å². The number of ether oxygens (including phenoxy) is 6. The number of nitro benzene ring substituents is 1. The molecule has 1 saturated heterocycles. The second kappa shape index (κ2) is 10.3. The number of hydrogen-bond donors (Lipinski definition) is 2. The van der Waals surface area contributed by atoms with E-state index >= 15 is 0 Å². The maximum atomic E-state index is 13.4. The number of carboxylic acid groups (broad SMARTS) is 1. The first-order chi connectivity index (χ1) is 20.2. The number of hydrogen-bond acceptors (Lipinski definition) is 11. The van der Waals surface area contributed by atoms with Gasteiger partial charge in [-0.3, -0.25) is 14.9 Å². The largest absolute Gasteiger partial charge is 0.493 e. The Morgan fingerprint density at radius 3 is 2.24 bits per heavy atom. The van der Waals surface area contributed by atoms with Crippen LogP contribution in [0.5, 0.6) is 28.7 Å². The zero-order valence-electron chi connectivity index (χ0n) is 22.7. The summed E-state index contributed by atoms with van der Waals surface area (Å²) in [5, 5.41) is 24.5. The Labute approximate surface area is 239 Å². The number of fused-ring (bicyclic) bond motifs is 3. The molecule has 3 aliphatic rings. The van der Waals surface area contributed by atoms with E-state index in [-0.39, 0.29) is 30.3 Å². The molecule has 2 N–H and O–H groups in total. The fourth-order valence-electron chi connectivity index (χ4n) is 6.14. The summed E-state index contributed by atoms with van der Waals surface area (Å²) < 4.78 is 33.6. The predicted molar refractivity (Wildman–Crippen MR) is 145 cm³/mol. The molecule has 0 unspecified atom stereocenters. The van der Waals surface area contributed by atoms with Crippen LogP contribution in [0.25, 0.3) is 0 Å². The van der Waals surface area contributed by atoms with Gasteiger partial charge >= 0.3 is 11.9 Å². The van der Waals surface area contributed by atoms with E-state index in [9.17, 15) is 24.8 Å². The molecule has 1 fully saturated rings. The lowest BCUT2D eigenvalue weighted by atomic mass is 9.65. The number of methoxy groups -OCH3 is 3. The standard InChI is InChI=1S/C29H26N2O11/c1-37-22-6-13(7-23(38-2)27(22)39-3)24-15-9-20-21(42-12-41-20)10-16(15)26(18-11-40-29(34)25(18)24)30-19-5-4-14(31(35)36)8-17(19)28(32)33/h4-10,18,24-26,30H,11-12H2,1-3H3,(H,32,33)/t18-,24+,25-,26+/m0/s1. The van der Waals surface area contributed by atoms with Crippen LogP contribution in [0.2, 0.25) is 0 Å². The molecule has 0 aromatic heterocycles. The highest BCUT2D eigenvalue weighted by Crippen LogP contribution is 2.56. The average molecular weight is 579 g/mol. The quantitative estimate of drug-likeness (QED) is 0.223. The SMILES string of the molecule is COc1cc([C@@H]2c3cc4c(cc3[C@@H](Nc3ccc([N+](=O)[O-])cc3C(=O)O)[C@H]3COC(=O)[C@H]23)OCO4)cc(OC)c1OC. The van der Waals surface area contributed by atoms with Gasteiger partial charge in [-0.1, -0.05) is 0 Å². The predicted octanol–water partition coefficient (Wildman–Crippen LogP) is 4.14. The van der Waals surface area contributed by atoms with E-state index in [1.54, 1.807) is 12.1 Å². The van der Waals surface area contributed by atoms with Crippen LogP contribution < -0.4 is 29.0 Å². The molecular formula is C29H26N2O11. The molecule has 13 heteroatoms. The maximum absolute atomic E-state index is 13.4. The van der Waals surface area contributed by atoms with Gasteiger partial charge in [0, 0.05) is 29.7 Å². The molecule has 0 saturated carbocycles. The lowest BCUT2D eigenvalue weighted by molar-refractivity contribution is -0.384. The summed E-state index contributed by atoms with van der Waals surface area (Å²) in [6, 6.07) is 10.2. The third-order valence-electron chi connectivity index (χ3n) is 7.99. The van der Waals surface area contributed by atoms with Gasteiger partial charge in [-0.2, -0.15) is 0 Å². The van der Waals surface area contributed by atoms with E-state index in [2.05, 4.69) is 5.32 Å². The van der Waals surface area contributed by atoms with Crippen molar-refractivity contribution in [3.05, 3.63) is 74.8 Å². The molecule has 3 aromatic rings. The van der Waals surface area contributed by atoms with Crippen LogP contribution >= 0.6 is 0 Å². The van der Waals surface area contributed by atoms with Crippen molar-refractivity contribution in [3.8, 4) is 28.7 Å². The number of cyclic esters (lactones) is 1. The van der Waals surface area contributed by atoms with Crippen LogP contribution in [0.4, 0.5) is 11.4 Å². The van der Waals surface area contributed by atoms with E-state index in [4.69, 9.17) is 28.4 Å². The van der Waals surface area contributed by atoms with Gasteiger partial charge in [0.15, 0.2) is 23.0 Å². The minimum atomic E-state index is -1.34. The number of nitrogens with one attached hydrogen (secondary N) is 1. The molecule has 42 heavy (non-hydrogen) atoms. The van der Waals surface area contributed by atoms with Crippen LogP contribution in [0.15, 0.2) is 42.5 Å². The normalized spacial score (nSPS) is 21.5. The van der Waals surface area contributed by atoms with Crippen LogP contribution in [-0.4, -0.2) is 56.7 Å². The molecule has 0 bridgehead atoms. The van der Waals surface area contributed by atoms with E-state index in [0.717, 1.165) is 17.2 Å². The Balaban J connectivity index is 1.54. The summed E-state index contributed by atoms with van der Waals surface area (Å²) in [5.74, 6) is -1.22. The minimum absolute atomic E-state index is 0.0194. The third kappa shape index (κ3) is 4.24. The number of aromatic carboxylic acids is 1. The van der Waals surface area contributed by atoms with Crippen LogP contribution in [0.3, 0.4) is 0 Å². The molecule has 13 nitrogen and oxygen atoms in total. The van der Waals surface area contributed by atoms with Gasteiger partial charge in [-0.25, -0.2) is 4.79 Å². The van der Waals surface area contributed by atoms with Gasteiger partial charge in [0.1, 0.15) is 0 Å². The van der Waals surface area contributed by atoms with Gasteiger partial charge in [0.2, 0.25) is 12.5 Å². The van der Waals surface area contributed by atoms with E-state index in [1.165, 1.54) is 33.5 Å². The first-order valence-corrected chi connectivity index (χ1v) is 12.9. The van der Waals surface area contributed by atoms with Crippen molar-refractivity contribution in [3.63, 3.8) is 0 Å². The van der Waals surface area contributed by atoms with Crippen molar-refractivity contribution in [2.45, 2.75) is 12.0 Å². The van der Waals surface area contributed by atoms with Crippen molar-refractivity contribution in [2.24, 2.45) is 11.8 Å². The summed E-state index contributed by atoms with van der Waals surface area (Å²) in [7, 11) is 4.51. The number of non-ortho nitro benzene ring substituents is 1. The summed E-state index contributed by atoms with van der Waals surface area (Å²) >= 11 is 0. The van der Waals surface area contributed by atoms with Gasteiger partial charge in [-0.05, 0) is 47.0 Å². The molecule has 0 radical (unpaired) electrons. The highest BCUT2D eigenvalue weighted by atomic mass is 16.7. The topological polar surface area (TPSA) is 165 Å². The lowest BCUT2D eigenvalue weighted by Gasteiger charge is -2.40. The fraction of sp³-hybridized carbons (Fsp3) is 0.310. The summed E-state index contributed by atoms with van der Waals surface area (Å²) in [5.41, 5.74) is 1.69. The smallest absolute Gasteiger partial charge is 0.338 e. The molecule has 4 atom stereocenters. The second-order valence-corrected chi connectivity index (χ2v) is 10.0. The minimum Gasteiger partial charge on any atom is -0.493 e. The fourth-order valence-corrected chi connectivity index (χ4v) is 6.14. The van der Waals surface area contributed by atoms with Crippen molar-refractivity contribution < 1.29 is 48.0 Å². The highest BCUT2D eigenvalue weighted by Gasteiger charge is 2.53. The Kier molecular flexibility index (Phi) is 6.64. The molecule has 0 amide bonds. The van der Waals surface area contributed by atoms with Crippen LogP contribution in [0.1, 0.15) is 39.0 Å². The van der Waals surface area contributed by atoms with Crippen LogP contribution in [0, 0.1) is 22.0 Å². The number of carbonyl (C=O) groups is 2. The third-order valence-corrected chi connectivity index (χ3v) is 7.99. The number of carbonyl (C=O) groups excluding carboxylic acids is 1. The summed E-state index contributed by atoms with van der Waals surface area (Å²) in [6.07, 6.45) is 0. The number of nitrogens with zero attached hydrogens (tertiary/aromatic N) is 1. The summed E-state index contributed by atoms with van der Waals surface area (Å²) in [6.45, 7) is 0.0803. The number of benzene rings is 3. The first-order valence-electron chi connectivity index (χ1n) is 12.9. The number of nitro groups is 1. The molecule has 6 rings (SSSR count). The molecule has 0 spiro atoms. The molecule has 3 aromatic carbocycles. The van der Waals surface area contributed by atoms with Crippen molar-refractivity contribution in [2.75, 3.05) is 40.0 Å². The number of rotatable bonds is 8. The summed E-state index contributed by atoms with van der Waals surface area (Å²) in [4.78, 5) is 36.2. The lowest BCUT2D eigenvalue weighted by Crippen LogP contribution is -2.38. The average Bonchev–Trinajstić information content (AvgIpc) is 3.61. The van der Waals surface area contributed by atoms with Crippen molar-refractivity contribution in [1.29, 1.82) is 0 Å². The van der Waals surface area contributed by atoms with Gasteiger partial charge in [-0.15, -0.1) is 0 Å². The van der Waals surface area contributed by atoms with Crippen molar-refractivity contribution in [1.82, 2.24) is 0 Å². The molecule has 2 aliphatic heterocycles. The number of carboxylic acids is 1. The Morgan fingerprint density at radius 1 is 0.976 bits per heavy atom. The number of esters is 1. The van der Waals surface area contributed by atoms with E-state index in [1.807, 2.05) is 12.1 Å². The maximum Gasteiger partial charge on any atom is 0.338 e. The van der Waals surface area contributed by atoms with Gasteiger partial charge < -0.3 is 38.8 Å². The second-order valence-electron chi connectivity index (χ2n) is 10.0.